The molecule has 0 heterocycles. The third-order valence-electron chi connectivity index (χ3n) is 3.90. The van der Waals surface area contributed by atoms with Crippen molar-refractivity contribution in [2.75, 3.05) is 5.75 Å². The molecule has 158 valence electrons. The Kier molecular flexibility index (Phi) is 5.74. The fourth-order valence-electron chi connectivity index (χ4n) is 2.46. The van der Waals surface area contributed by atoms with Gasteiger partial charge in [-0.2, -0.15) is 34.8 Å². The lowest BCUT2D eigenvalue weighted by Crippen LogP contribution is -2.63. The number of hydrogen-bond donors (Lipinski definition) is 1. The number of carbonyl (C=O) groups is 1. The van der Waals surface area contributed by atoms with Crippen LogP contribution in [0.15, 0.2) is 43.0 Å². The van der Waals surface area contributed by atoms with Crippen molar-refractivity contribution in [2.45, 2.75) is 18.0 Å². The van der Waals surface area contributed by atoms with Crippen LogP contribution in [0.3, 0.4) is 0 Å². The molecule has 2 aromatic rings. The average molecular weight is 442 g/mol. The lowest BCUT2D eigenvalue weighted by atomic mass is 10.0. The molecule has 29 heavy (non-hydrogen) atoms. The SMILES string of the molecule is C=Cc1ccc2cc(C(=O)OC(CS(=O)(=O)O)(C(F)(F)F)C(F)(F)F)ccc2c1. The molecule has 0 saturated carbocycles. The maximum atomic E-state index is 13.2. The van der Waals surface area contributed by atoms with E-state index in [1.54, 1.807) is 12.1 Å². The van der Waals surface area contributed by atoms with Gasteiger partial charge in [-0.3, -0.25) is 4.55 Å². The minimum Gasteiger partial charge on any atom is -0.435 e. The second-order valence-corrected chi connectivity index (χ2v) is 7.42. The number of rotatable bonds is 5. The van der Waals surface area contributed by atoms with Crippen molar-refractivity contribution < 1.29 is 48.8 Å². The van der Waals surface area contributed by atoms with E-state index in [2.05, 4.69) is 11.3 Å². The highest BCUT2D eigenvalue weighted by Crippen LogP contribution is 2.47. The fraction of sp³-hybridized carbons (Fsp3) is 0.235. The first kappa shape index (κ1) is 22.7. The van der Waals surface area contributed by atoms with E-state index < -0.39 is 45.4 Å². The molecule has 0 bridgehead atoms. The van der Waals surface area contributed by atoms with E-state index in [9.17, 15) is 39.6 Å². The number of benzene rings is 2. The molecule has 0 aliphatic carbocycles. The van der Waals surface area contributed by atoms with Gasteiger partial charge in [-0.1, -0.05) is 30.9 Å². The van der Waals surface area contributed by atoms with Gasteiger partial charge < -0.3 is 4.74 Å². The molecule has 0 unspecified atom stereocenters. The Labute approximate surface area is 160 Å². The number of esters is 1. The quantitative estimate of drug-likeness (QED) is 0.422. The third-order valence-corrected chi connectivity index (χ3v) is 4.68. The number of fused-ring (bicyclic) bond motifs is 1. The summed E-state index contributed by atoms with van der Waals surface area (Å²) in [4.78, 5) is 12.1. The summed E-state index contributed by atoms with van der Waals surface area (Å²) in [5.74, 6) is -5.01. The molecule has 0 fully saturated rings. The van der Waals surface area contributed by atoms with Crippen LogP contribution >= 0.6 is 0 Å². The van der Waals surface area contributed by atoms with Crippen LogP contribution in [0.25, 0.3) is 16.8 Å². The molecule has 0 aliphatic rings. The number of ether oxygens (including phenoxy) is 1. The highest BCUT2D eigenvalue weighted by atomic mass is 32.2. The number of hydrogen-bond acceptors (Lipinski definition) is 4. The van der Waals surface area contributed by atoms with Crippen LogP contribution in [0.4, 0.5) is 26.3 Å². The first-order chi connectivity index (χ1) is 13.1. The van der Waals surface area contributed by atoms with Gasteiger partial charge in [0.2, 0.25) is 0 Å². The first-order valence-electron chi connectivity index (χ1n) is 7.58. The zero-order chi connectivity index (χ0) is 22.3. The second-order valence-electron chi connectivity index (χ2n) is 5.96. The minimum atomic E-state index is -6.38. The zero-order valence-electron chi connectivity index (χ0n) is 14.2. The summed E-state index contributed by atoms with van der Waals surface area (Å²) < 4.78 is 113. The summed E-state index contributed by atoms with van der Waals surface area (Å²) in [6.45, 7) is 3.54. The van der Waals surface area contributed by atoms with Crippen LogP contribution in [-0.4, -0.2) is 42.6 Å². The molecule has 1 N–H and O–H groups in total. The van der Waals surface area contributed by atoms with Crippen LogP contribution in [0.1, 0.15) is 15.9 Å². The van der Waals surface area contributed by atoms with Gasteiger partial charge in [-0.05, 0) is 34.5 Å². The van der Waals surface area contributed by atoms with E-state index in [4.69, 9.17) is 4.55 Å². The lowest BCUT2D eigenvalue weighted by Gasteiger charge is -2.35. The molecule has 0 radical (unpaired) electrons. The second kappa shape index (κ2) is 7.34. The maximum Gasteiger partial charge on any atom is 0.438 e. The van der Waals surface area contributed by atoms with Crippen molar-refractivity contribution in [3.05, 3.63) is 54.1 Å². The zero-order valence-corrected chi connectivity index (χ0v) is 15.0. The maximum absolute atomic E-state index is 13.2. The van der Waals surface area contributed by atoms with Crippen molar-refractivity contribution in [3.63, 3.8) is 0 Å². The molecule has 5 nitrogen and oxygen atoms in total. The van der Waals surface area contributed by atoms with Gasteiger partial charge in [0, 0.05) is 0 Å². The minimum absolute atomic E-state index is 0.296. The van der Waals surface area contributed by atoms with Gasteiger partial charge in [-0.25, -0.2) is 4.79 Å². The van der Waals surface area contributed by atoms with Gasteiger partial charge in [0.25, 0.3) is 10.1 Å². The van der Waals surface area contributed by atoms with E-state index in [0.29, 0.717) is 16.3 Å². The topological polar surface area (TPSA) is 80.7 Å². The molecule has 0 saturated heterocycles. The van der Waals surface area contributed by atoms with Crippen molar-refractivity contribution in [1.82, 2.24) is 0 Å². The number of carbonyl (C=O) groups excluding carboxylic acids is 1. The summed E-state index contributed by atoms with van der Waals surface area (Å²) in [5, 5.41) is 0.805. The fourth-order valence-corrected chi connectivity index (χ4v) is 3.36. The molecule has 0 amide bonds. The van der Waals surface area contributed by atoms with Gasteiger partial charge in [0.05, 0.1) is 5.56 Å². The van der Waals surface area contributed by atoms with Crippen molar-refractivity contribution in [1.29, 1.82) is 0 Å². The highest BCUT2D eigenvalue weighted by molar-refractivity contribution is 7.85. The predicted octanol–water partition coefficient (Wildman–Crippen LogP) is 4.39. The Morgan fingerprint density at radius 1 is 1.00 bits per heavy atom. The summed E-state index contributed by atoms with van der Waals surface area (Å²) >= 11 is 0. The predicted molar refractivity (Wildman–Crippen MR) is 90.7 cm³/mol. The molecule has 0 spiro atoms. The Balaban J connectivity index is 2.54. The number of halogens is 6. The van der Waals surface area contributed by atoms with Crippen molar-refractivity contribution in [3.8, 4) is 0 Å². The Bertz CT molecular complexity index is 1040. The monoisotopic (exact) mass is 442 g/mol. The summed E-state index contributed by atoms with van der Waals surface area (Å²) in [6, 6.07) is 7.74. The smallest absolute Gasteiger partial charge is 0.435 e. The van der Waals surface area contributed by atoms with E-state index in [1.165, 1.54) is 18.2 Å². The third kappa shape index (κ3) is 4.70. The van der Waals surface area contributed by atoms with Gasteiger partial charge >= 0.3 is 23.9 Å². The number of alkyl halides is 6. The van der Waals surface area contributed by atoms with Crippen LogP contribution in [-0.2, 0) is 14.9 Å². The Morgan fingerprint density at radius 2 is 1.52 bits per heavy atom. The van der Waals surface area contributed by atoms with E-state index >= 15 is 0 Å². The van der Waals surface area contributed by atoms with Crippen molar-refractivity contribution in [2.24, 2.45) is 0 Å². The van der Waals surface area contributed by atoms with Gasteiger partial charge in [0.1, 0.15) is 5.75 Å². The molecule has 2 aromatic carbocycles. The lowest BCUT2D eigenvalue weighted by molar-refractivity contribution is -0.356. The molecular formula is C17H12F6O5S. The Morgan fingerprint density at radius 3 is 2.00 bits per heavy atom. The van der Waals surface area contributed by atoms with E-state index in [0.717, 1.165) is 12.1 Å². The molecule has 2 rings (SSSR count). The highest BCUT2D eigenvalue weighted by Gasteiger charge is 2.76. The molecule has 0 aromatic heterocycles. The molecular weight excluding hydrogens is 430 g/mol. The van der Waals surface area contributed by atoms with E-state index in [1.807, 2.05) is 0 Å². The van der Waals surface area contributed by atoms with Crippen LogP contribution in [0.2, 0.25) is 0 Å². The summed E-state index contributed by atoms with van der Waals surface area (Å²) in [5.41, 5.74) is -5.46. The molecule has 12 heteroatoms. The van der Waals surface area contributed by atoms with Gasteiger partial charge in [0.15, 0.2) is 0 Å². The summed E-state index contributed by atoms with van der Waals surface area (Å²) in [7, 11) is -5.84. The molecule has 0 atom stereocenters. The largest absolute Gasteiger partial charge is 0.438 e. The van der Waals surface area contributed by atoms with Crippen LogP contribution in [0, 0.1) is 0 Å². The van der Waals surface area contributed by atoms with Crippen molar-refractivity contribution >= 4 is 32.9 Å². The standard InChI is InChI=1S/C17H12F6O5S/c1-2-10-3-4-12-8-13(6-5-11(12)7-10)14(24)28-15(16(18,19)20,17(21,22)23)9-29(25,26)27/h2-8H,1,9H2,(H,25,26,27). The van der Waals surface area contributed by atoms with Crippen LogP contribution in [0.5, 0.6) is 0 Å². The summed E-state index contributed by atoms with van der Waals surface area (Å²) in [6.07, 6.45) is -11.3. The normalized spacial score (nSPS) is 13.3. The van der Waals surface area contributed by atoms with Gasteiger partial charge in [-0.15, -0.1) is 0 Å². The first-order valence-corrected chi connectivity index (χ1v) is 9.19. The molecule has 0 aliphatic heterocycles. The average Bonchev–Trinajstić information content (AvgIpc) is 2.56. The van der Waals surface area contributed by atoms with E-state index in [-0.39, 0.29) is 0 Å². The van der Waals surface area contributed by atoms with Crippen LogP contribution < -0.4 is 0 Å². The Hall–Kier alpha value is -2.60.